The third kappa shape index (κ3) is 3.91. The Morgan fingerprint density at radius 2 is 1.94 bits per heavy atom. The molecule has 1 aromatic carbocycles. The van der Waals surface area contributed by atoms with Gasteiger partial charge >= 0.3 is 0 Å². The molecule has 16 heavy (non-hydrogen) atoms. The molecule has 0 saturated carbocycles. The maximum Gasteiger partial charge on any atom is 0.0798 e. The average Bonchev–Trinajstić information content (AvgIpc) is 2.25. The van der Waals surface area contributed by atoms with Gasteiger partial charge < -0.3 is 5.11 Å². The van der Waals surface area contributed by atoms with Gasteiger partial charge in [-0.1, -0.05) is 24.3 Å². The lowest BCUT2D eigenvalue weighted by Crippen LogP contribution is -2.20. The Morgan fingerprint density at radius 3 is 2.44 bits per heavy atom. The molecule has 1 atom stereocenters. The lowest BCUT2D eigenvalue weighted by molar-refractivity contribution is 0.120. The number of benzene rings is 1. The maximum absolute atomic E-state index is 11.9. The first-order chi connectivity index (χ1) is 7.41. The fourth-order valence-electron chi connectivity index (χ4n) is 1.12. The number of hydrogen-bond donors (Lipinski definition) is 1. The van der Waals surface area contributed by atoms with Crippen LogP contribution in [-0.4, -0.2) is 20.7 Å². The van der Waals surface area contributed by atoms with Gasteiger partial charge in [0.05, 0.1) is 16.4 Å². The first-order valence-corrected chi connectivity index (χ1v) is 6.56. The maximum atomic E-state index is 11.9. The van der Waals surface area contributed by atoms with Crippen LogP contribution >= 0.6 is 0 Å². The summed E-state index contributed by atoms with van der Waals surface area (Å²) in [6.07, 6.45) is 1.84. The summed E-state index contributed by atoms with van der Waals surface area (Å²) < 4.78 is 11.9. The normalized spacial score (nSPS) is 14.9. The van der Waals surface area contributed by atoms with Crippen LogP contribution in [-0.2, 0) is 10.8 Å². The Bertz CT molecular complexity index is 388. The molecule has 0 bridgehead atoms. The highest BCUT2D eigenvalue weighted by atomic mass is 32.2. The number of hydrogen-bond acceptors (Lipinski definition) is 2. The number of aliphatic hydroxyl groups is 1. The van der Waals surface area contributed by atoms with E-state index in [1.807, 2.05) is 43.3 Å². The molecule has 1 N–H and O–H groups in total. The van der Waals surface area contributed by atoms with E-state index < -0.39 is 16.4 Å². The van der Waals surface area contributed by atoms with E-state index in [1.165, 1.54) is 0 Å². The van der Waals surface area contributed by atoms with Gasteiger partial charge in [0.1, 0.15) is 0 Å². The van der Waals surface area contributed by atoms with Crippen LogP contribution in [0.1, 0.15) is 20.8 Å². The van der Waals surface area contributed by atoms with Gasteiger partial charge in [-0.3, -0.25) is 4.21 Å². The van der Waals surface area contributed by atoms with Gasteiger partial charge in [-0.25, -0.2) is 0 Å². The lowest BCUT2D eigenvalue weighted by Gasteiger charge is -2.17. The molecule has 2 nitrogen and oxygen atoms in total. The fraction of sp³-hybridized carbons (Fsp3) is 0.385. The molecule has 0 radical (unpaired) electrons. The molecule has 0 aliphatic carbocycles. The van der Waals surface area contributed by atoms with Crippen LogP contribution in [0, 0.1) is 0 Å². The summed E-state index contributed by atoms with van der Waals surface area (Å²) in [7, 11) is -1.03. The van der Waals surface area contributed by atoms with E-state index in [9.17, 15) is 9.32 Å². The summed E-state index contributed by atoms with van der Waals surface area (Å²) in [5, 5.41) is 9.70. The highest BCUT2D eigenvalue weighted by molar-refractivity contribution is 7.85. The molecule has 0 aromatic heterocycles. The molecule has 0 spiro atoms. The first kappa shape index (κ1) is 13.1. The van der Waals surface area contributed by atoms with E-state index >= 15 is 0 Å². The standard InChI is InChI=1S/C13H18O2S/c1-11(13(2,3)14)9-10-16(15)12-7-5-4-6-8-12/h4-9,14H,10H2,1-3H3/b11-9+. The van der Waals surface area contributed by atoms with Crippen molar-refractivity contribution in [3.8, 4) is 0 Å². The third-order valence-corrected chi connectivity index (χ3v) is 3.78. The molecule has 88 valence electrons. The second-order valence-corrected chi connectivity index (χ2v) is 5.77. The van der Waals surface area contributed by atoms with Crippen molar-refractivity contribution in [2.45, 2.75) is 31.3 Å². The Kier molecular flexibility index (Phi) is 4.44. The zero-order valence-corrected chi connectivity index (χ0v) is 10.8. The van der Waals surface area contributed by atoms with E-state index in [-0.39, 0.29) is 0 Å². The molecule has 0 fully saturated rings. The monoisotopic (exact) mass is 238 g/mol. The quantitative estimate of drug-likeness (QED) is 0.818. The SMILES string of the molecule is C/C(=C\CS(=O)c1ccccc1)C(C)(C)O. The van der Waals surface area contributed by atoms with Gasteiger partial charge in [0, 0.05) is 10.6 Å². The van der Waals surface area contributed by atoms with E-state index in [4.69, 9.17) is 0 Å². The average molecular weight is 238 g/mol. The van der Waals surface area contributed by atoms with Crippen LogP contribution in [0.2, 0.25) is 0 Å². The zero-order valence-electron chi connectivity index (χ0n) is 9.93. The van der Waals surface area contributed by atoms with Crippen molar-refractivity contribution in [1.29, 1.82) is 0 Å². The Morgan fingerprint density at radius 1 is 1.38 bits per heavy atom. The van der Waals surface area contributed by atoms with Gasteiger partial charge in [-0.2, -0.15) is 0 Å². The lowest BCUT2D eigenvalue weighted by atomic mass is 10.0. The van der Waals surface area contributed by atoms with Gasteiger partial charge in [-0.05, 0) is 38.5 Å². The van der Waals surface area contributed by atoms with Crippen molar-refractivity contribution in [1.82, 2.24) is 0 Å². The van der Waals surface area contributed by atoms with Gasteiger partial charge in [0.2, 0.25) is 0 Å². The van der Waals surface area contributed by atoms with E-state index in [0.29, 0.717) is 5.75 Å². The zero-order chi connectivity index (χ0) is 12.2. The Hall–Kier alpha value is -0.930. The van der Waals surface area contributed by atoms with Crippen LogP contribution in [0.15, 0.2) is 46.9 Å². The van der Waals surface area contributed by atoms with Crippen LogP contribution in [0.5, 0.6) is 0 Å². The van der Waals surface area contributed by atoms with E-state index in [1.54, 1.807) is 13.8 Å². The highest BCUT2D eigenvalue weighted by Crippen LogP contribution is 2.15. The Labute approximate surface area is 99.5 Å². The molecule has 0 amide bonds. The first-order valence-electron chi connectivity index (χ1n) is 5.24. The molecule has 0 heterocycles. The fourth-order valence-corrected chi connectivity index (χ4v) is 2.17. The van der Waals surface area contributed by atoms with Gasteiger partial charge in [0.25, 0.3) is 0 Å². The smallest absolute Gasteiger partial charge is 0.0798 e. The van der Waals surface area contributed by atoms with E-state index in [0.717, 1.165) is 10.5 Å². The predicted molar refractivity (Wildman–Crippen MR) is 67.8 cm³/mol. The van der Waals surface area contributed by atoms with Crippen LogP contribution in [0.4, 0.5) is 0 Å². The molecule has 1 aromatic rings. The molecular formula is C13H18O2S. The molecule has 0 saturated heterocycles. The molecule has 0 aliphatic heterocycles. The summed E-state index contributed by atoms with van der Waals surface area (Å²) in [6.45, 7) is 5.30. The second kappa shape index (κ2) is 5.41. The van der Waals surface area contributed by atoms with Crippen LogP contribution < -0.4 is 0 Å². The summed E-state index contributed by atoms with van der Waals surface area (Å²) in [5.74, 6) is 0.444. The summed E-state index contributed by atoms with van der Waals surface area (Å²) >= 11 is 0. The minimum atomic E-state index is -1.03. The van der Waals surface area contributed by atoms with Crippen LogP contribution in [0.3, 0.4) is 0 Å². The Balaban J connectivity index is 2.67. The minimum Gasteiger partial charge on any atom is -0.386 e. The minimum absolute atomic E-state index is 0.444. The molecular weight excluding hydrogens is 220 g/mol. The molecule has 3 heteroatoms. The summed E-state index contributed by atoms with van der Waals surface area (Å²) in [6, 6.07) is 9.35. The molecule has 0 aliphatic rings. The van der Waals surface area contributed by atoms with Gasteiger partial charge in [0.15, 0.2) is 0 Å². The topological polar surface area (TPSA) is 37.3 Å². The second-order valence-electron chi connectivity index (χ2n) is 4.27. The van der Waals surface area contributed by atoms with Crippen molar-refractivity contribution in [3.63, 3.8) is 0 Å². The van der Waals surface area contributed by atoms with Crippen LogP contribution in [0.25, 0.3) is 0 Å². The summed E-state index contributed by atoms with van der Waals surface area (Å²) in [5.41, 5.74) is 0.0118. The van der Waals surface area contributed by atoms with Gasteiger partial charge in [-0.15, -0.1) is 0 Å². The van der Waals surface area contributed by atoms with Crippen molar-refractivity contribution >= 4 is 10.8 Å². The van der Waals surface area contributed by atoms with E-state index in [2.05, 4.69) is 0 Å². The molecule has 1 unspecified atom stereocenters. The largest absolute Gasteiger partial charge is 0.386 e. The van der Waals surface area contributed by atoms with Crippen molar-refractivity contribution in [3.05, 3.63) is 42.0 Å². The number of rotatable bonds is 4. The summed E-state index contributed by atoms with van der Waals surface area (Å²) in [4.78, 5) is 0.822. The van der Waals surface area contributed by atoms with Crippen molar-refractivity contribution < 1.29 is 9.32 Å². The predicted octanol–water partition coefficient (Wildman–Crippen LogP) is 2.51. The van der Waals surface area contributed by atoms with Crippen molar-refractivity contribution in [2.24, 2.45) is 0 Å². The van der Waals surface area contributed by atoms with Crippen molar-refractivity contribution in [2.75, 3.05) is 5.75 Å². The highest BCUT2D eigenvalue weighted by Gasteiger charge is 2.14. The molecule has 1 rings (SSSR count). The third-order valence-electron chi connectivity index (χ3n) is 2.51.